The molecule has 6 heteroatoms. The van der Waals surface area contributed by atoms with Crippen molar-refractivity contribution in [2.75, 3.05) is 7.11 Å². The molecule has 0 aliphatic carbocycles. The van der Waals surface area contributed by atoms with E-state index in [2.05, 4.69) is 0 Å². The van der Waals surface area contributed by atoms with Crippen molar-refractivity contribution in [2.45, 2.75) is 19.5 Å². The van der Waals surface area contributed by atoms with Crippen LogP contribution in [0.25, 0.3) is 0 Å². The first-order chi connectivity index (χ1) is 11.5. The molecule has 124 valence electrons. The van der Waals surface area contributed by atoms with E-state index in [1.807, 2.05) is 0 Å². The van der Waals surface area contributed by atoms with Gasteiger partial charge in [-0.1, -0.05) is 12.1 Å². The van der Waals surface area contributed by atoms with Crippen LogP contribution >= 0.6 is 0 Å². The van der Waals surface area contributed by atoms with Crippen molar-refractivity contribution in [1.29, 1.82) is 0 Å². The molecular formula is C18H17NO5. The maximum atomic E-state index is 12.5. The first-order valence-corrected chi connectivity index (χ1v) is 7.44. The summed E-state index contributed by atoms with van der Waals surface area (Å²) in [5, 5.41) is 10.2. The molecule has 0 spiro atoms. The Morgan fingerprint density at radius 2 is 2.12 bits per heavy atom. The van der Waals surface area contributed by atoms with Crippen LogP contribution in [-0.2, 0) is 16.1 Å². The van der Waals surface area contributed by atoms with Crippen LogP contribution in [0.1, 0.15) is 24.3 Å². The maximum Gasteiger partial charge on any atom is 0.290 e. The quantitative estimate of drug-likeness (QED) is 0.913. The Morgan fingerprint density at radius 3 is 2.75 bits per heavy atom. The van der Waals surface area contributed by atoms with Gasteiger partial charge in [0.25, 0.3) is 5.91 Å². The number of rotatable bonds is 5. The Morgan fingerprint density at radius 1 is 1.33 bits per heavy atom. The van der Waals surface area contributed by atoms with E-state index in [-0.39, 0.29) is 17.9 Å². The summed E-state index contributed by atoms with van der Waals surface area (Å²) < 4.78 is 10.5. The van der Waals surface area contributed by atoms with Crippen molar-refractivity contribution >= 4 is 11.7 Å². The van der Waals surface area contributed by atoms with Crippen LogP contribution in [0.5, 0.6) is 5.75 Å². The first kappa shape index (κ1) is 15.9. The molecule has 1 atom stereocenters. The van der Waals surface area contributed by atoms with Gasteiger partial charge in [-0.05, 0) is 36.8 Å². The number of hydrogen-bond acceptors (Lipinski definition) is 5. The van der Waals surface area contributed by atoms with Gasteiger partial charge in [-0.15, -0.1) is 0 Å². The van der Waals surface area contributed by atoms with Crippen LogP contribution in [0.2, 0.25) is 0 Å². The van der Waals surface area contributed by atoms with Crippen molar-refractivity contribution < 1.29 is 23.8 Å². The predicted molar refractivity (Wildman–Crippen MR) is 85.3 cm³/mol. The lowest BCUT2D eigenvalue weighted by Crippen LogP contribution is -2.30. The molecule has 6 nitrogen and oxygen atoms in total. The van der Waals surface area contributed by atoms with Gasteiger partial charge in [0.1, 0.15) is 11.5 Å². The molecule has 1 aromatic heterocycles. The summed E-state index contributed by atoms with van der Waals surface area (Å²) in [6.07, 6.45) is 1.51. The van der Waals surface area contributed by atoms with Crippen molar-refractivity contribution in [3.05, 3.63) is 65.3 Å². The molecule has 0 saturated heterocycles. The number of nitrogens with zero attached hydrogens (tertiary/aromatic N) is 1. The van der Waals surface area contributed by atoms with Gasteiger partial charge >= 0.3 is 0 Å². The second kappa shape index (κ2) is 6.23. The van der Waals surface area contributed by atoms with Gasteiger partial charge < -0.3 is 19.2 Å². The largest absolute Gasteiger partial charge is 0.503 e. The highest BCUT2D eigenvalue weighted by Crippen LogP contribution is 2.39. The number of Topliss-reactive ketones (excluding diaryl/α,β-unsaturated/α-hetero) is 1. The number of amides is 1. The van der Waals surface area contributed by atoms with E-state index < -0.39 is 17.7 Å². The molecule has 1 aliphatic rings. The minimum atomic E-state index is -0.685. The lowest BCUT2D eigenvalue weighted by molar-refractivity contribution is -0.130. The predicted octanol–water partition coefficient (Wildman–Crippen LogP) is 2.77. The number of hydrogen-bond donors (Lipinski definition) is 1. The normalized spacial score (nSPS) is 17.5. The third-order valence-electron chi connectivity index (χ3n) is 4.00. The topological polar surface area (TPSA) is 80.0 Å². The zero-order valence-electron chi connectivity index (χ0n) is 13.4. The van der Waals surface area contributed by atoms with E-state index in [1.54, 1.807) is 43.5 Å². The van der Waals surface area contributed by atoms with Crippen molar-refractivity contribution in [2.24, 2.45) is 0 Å². The summed E-state index contributed by atoms with van der Waals surface area (Å²) in [5.41, 5.74) is 0.767. The molecule has 0 radical (unpaired) electrons. The molecule has 0 fully saturated rings. The fourth-order valence-corrected chi connectivity index (χ4v) is 2.90. The van der Waals surface area contributed by atoms with E-state index in [9.17, 15) is 14.7 Å². The molecule has 1 aromatic carbocycles. The summed E-state index contributed by atoms with van der Waals surface area (Å²) >= 11 is 0. The standard InChI is InChI=1S/C18H17NO5/c1-11(20)15-16(12-5-3-6-13(9-12)23-2)19(18(22)17(15)21)10-14-7-4-8-24-14/h3-9,16,21H,10H2,1-2H3/t16-/m1/s1. The Bertz CT molecular complexity index is 807. The molecule has 2 aromatic rings. The average molecular weight is 327 g/mol. The van der Waals surface area contributed by atoms with Crippen LogP contribution in [-0.4, -0.2) is 28.8 Å². The van der Waals surface area contributed by atoms with Gasteiger partial charge in [-0.2, -0.15) is 0 Å². The molecule has 0 bridgehead atoms. The van der Waals surface area contributed by atoms with Gasteiger partial charge in [0.2, 0.25) is 0 Å². The molecule has 0 unspecified atom stereocenters. The molecule has 1 aliphatic heterocycles. The molecule has 1 amide bonds. The number of ketones is 1. The molecule has 3 rings (SSSR count). The average Bonchev–Trinajstić information content (AvgIpc) is 3.17. The Balaban J connectivity index is 2.07. The van der Waals surface area contributed by atoms with E-state index in [1.165, 1.54) is 18.1 Å². The fraction of sp³-hybridized carbons (Fsp3) is 0.222. The molecule has 0 saturated carbocycles. The summed E-state index contributed by atoms with van der Waals surface area (Å²) in [5.74, 6) is -0.289. The summed E-state index contributed by atoms with van der Waals surface area (Å²) in [6, 6.07) is 9.85. The molecule has 2 heterocycles. The van der Waals surface area contributed by atoms with Gasteiger partial charge in [-0.25, -0.2) is 0 Å². The monoisotopic (exact) mass is 327 g/mol. The SMILES string of the molecule is COc1cccc([C@@H]2C(C(C)=O)=C(O)C(=O)N2Cc2ccco2)c1. The molecular weight excluding hydrogens is 310 g/mol. The zero-order valence-corrected chi connectivity index (χ0v) is 13.4. The Hall–Kier alpha value is -3.02. The van der Waals surface area contributed by atoms with Crippen LogP contribution in [0.15, 0.2) is 58.4 Å². The number of aliphatic hydroxyl groups is 1. The molecule has 24 heavy (non-hydrogen) atoms. The number of aliphatic hydroxyl groups excluding tert-OH is 1. The van der Waals surface area contributed by atoms with Crippen LogP contribution in [0.3, 0.4) is 0 Å². The van der Waals surface area contributed by atoms with E-state index in [0.717, 1.165) is 0 Å². The van der Waals surface area contributed by atoms with Crippen LogP contribution < -0.4 is 4.74 Å². The second-order valence-electron chi connectivity index (χ2n) is 5.51. The third kappa shape index (κ3) is 2.67. The van der Waals surface area contributed by atoms with Crippen molar-refractivity contribution in [1.82, 2.24) is 4.90 Å². The van der Waals surface area contributed by atoms with Gasteiger partial charge in [0, 0.05) is 0 Å². The number of ether oxygens (including phenoxy) is 1. The van der Waals surface area contributed by atoms with Crippen LogP contribution in [0, 0.1) is 0 Å². The third-order valence-corrected chi connectivity index (χ3v) is 4.00. The van der Waals surface area contributed by atoms with Gasteiger partial charge in [0.05, 0.1) is 31.5 Å². The number of methoxy groups -OCH3 is 1. The van der Waals surface area contributed by atoms with Gasteiger partial charge in [-0.3, -0.25) is 9.59 Å². The molecule has 1 N–H and O–H groups in total. The lowest BCUT2D eigenvalue weighted by Gasteiger charge is -2.26. The lowest BCUT2D eigenvalue weighted by atomic mass is 9.96. The highest BCUT2D eigenvalue weighted by atomic mass is 16.5. The number of carbonyl (C=O) groups is 2. The van der Waals surface area contributed by atoms with Crippen molar-refractivity contribution in [3.8, 4) is 5.75 Å². The number of benzene rings is 1. The maximum absolute atomic E-state index is 12.5. The highest BCUT2D eigenvalue weighted by Gasteiger charge is 2.42. The van der Waals surface area contributed by atoms with Crippen LogP contribution in [0.4, 0.5) is 0 Å². The minimum absolute atomic E-state index is 0.0832. The van der Waals surface area contributed by atoms with Gasteiger partial charge in [0.15, 0.2) is 11.5 Å². The smallest absolute Gasteiger partial charge is 0.290 e. The second-order valence-corrected chi connectivity index (χ2v) is 5.51. The van der Waals surface area contributed by atoms with Crippen molar-refractivity contribution in [3.63, 3.8) is 0 Å². The van der Waals surface area contributed by atoms with E-state index in [0.29, 0.717) is 17.1 Å². The number of carbonyl (C=O) groups excluding carboxylic acids is 2. The first-order valence-electron chi connectivity index (χ1n) is 7.44. The number of furan rings is 1. The highest BCUT2D eigenvalue weighted by molar-refractivity contribution is 6.08. The van der Waals surface area contributed by atoms with E-state index >= 15 is 0 Å². The Labute approximate surface area is 138 Å². The fourth-order valence-electron chi connectivity index (χ4n) is 2.90. The summed E-state index contributed by atoms with van der Waals surface area (Å²) in [4.78, 5) is 25.9. The Kier molecular flexibility index (Phi) is 4.12. The summed E-state index contributed by atoms with van der Waals surface area (Å²) in [7, 11) is 1.54. The minimum Gasteiger partial charge on any atom is -0.503 e. The zero-order chi connectivity index (χ0) is 17.3. The summed E-state index contributed by atoms with van der Waals surface area (Å²) in [6.45, 7) is 1.48. The van der Waals surface area contributed by atoms with E-state index in [4.69, 9.17) is 9.15 Å².